The van der Waals surface area contributed by atoms with Gasteiger partial charge in [-0.25, -0.2) is 0 Å². The summed E-state index contributed by atoms with van der Waals surface area (Å²) >= 11 is 0. The van der Waals surface area contributed by atoms with Crippen molar-refractivity contribution in [3.8, 4) is 0 Å². The lowest BCUT2D eigenvalue weighted by Crippen LogP contribution is -2.30. The highest BCUT2D eigenvalue weighted by molar-refractivity contribution is 5.71. The first-order valence-electron chi connectivity index (χ1n) is 34.5. The fourth-order valence-corrected chi connectivity index (χ4v) is 9.51. The Labute approximate surface area is 507 Å². The molecular weight excluding hydrogens is 1010 g/mol. The van der Waals surface area contributed by atoms with E-state index in [1.165, 1.54) is 154 Å². The molecule has 0 aromatic rings. The van der Waals surface area contributed by atoms with Crippen LogP contribution in [0.5, 0.6) is 0 Å². The molecule has 0 aromatic carbocycles. The molecule has 0 spiro atoms. The Bertz CT molecular complexity index is 1690. The first kappa shape index (κ1) is 77.8. The zero-order valence-corrected chi connectivity index (χ0v) is 53.7. The lowest BCUT2D eigenvalue weighted by atomic mass is 10.0. The maximum absolute atomic E-state index is 12.9. The molecule has 0 radical (unpaired) electrons. The second kappa shape index (κ2) is 69.3. The molecule has 1 atom stereocenters. The normalized spacial score (nSPS) is 12.9. The van der Waals surface area contributed by atoms with E-state index in [0.29, 0.717) is 19.3 Å². The number of esters is 3. The van der Waals surface area contributed by atoms with Gasteiger partial charge in [-0.1, -0.05) is 290 Å². The van der Waals surface area contributed by atoms with Gasteiger partial charge in [-0.15, -0.1) is 0 Å². The van der Waals surface area contributed by atoms with Crippen molar-refractivity contribution in [1.82, 2.24) is 0 Å². The monoisotopic (exact) mass is 1140 g/mol. The van der Waals surface area contributed by atoms with Gasteiger partial charge in [-0.3, -0.25) is 14.4 Å². The zero-order valence-electron chi connectivity index (χ0n) is 53.7. The van der Waals surface area contributed by atoms with Crippen molar-refractivity contribution >= 4 is 17.9 Å². The van der Waals surface area contributed by atoms with Crippen molar-refractivity contribution in [3.63, 3.8) is 0 Å². The van der Waals surface area contributed by atoms with Crippen LogP contribution >= 0.6 is 0 Å². The van der Waals surface area contributed by atoms with Crippen LogP contribution in [0.4, 0.5) is 0 Å². The standard InChI is InChI=1S/C76H128O6/c1-4-7-10-13-16-19-22-25-28-31-33-35-36-37-38-39-40-42-43-45-48-51-54-57-60-63-66-69-75(78)81-72-73(71-80-74(77)68-65-62-59-56-53-50-47-30-27-24-21-18-15-12-9-6-3)82-76(79)70-67-64-61-58-55-52-49-46-44-41-34-32-29-26-23-20-17-14-11-8-5-2/h8,11,17,20-22,24-26,29-31,33-34,41,46-47,49,55,58,73H,4-7,9-10,12-16,18-19,23,27-28,32,35-40,42-45,48,50-54,56-57,59-72H2,1-3H3/b11-8-,20-17-,24-21-,25-22-,29-26-,33-31-,41-34-,47-30-,49-46-,58-55-. The molecule has 1 unspecified atom stereocenters. The summed E-state index contributed by atoms with van der Waals surface area (Å²) in [5.74, 6) is -0.951. The molecule has 82 heavy (non-hydrogen) atoms. The first-order valence-corrected chi connectivity index (χ1v) is 34.5. The van der Waals surface area contributed by atoms with E-state index in [1.54, 1.807) is 0 Å². The van der Waals surface area contributed by atoms with E-state index in [0.717, 1.165) is 122 Å². The maximum Gasteiger partial charge on any atom is 0.306 e. The van der Waals surface area contributed by atoms with Gasteiger partial charge in [0.15, 0.2) is 6.10 Å². The molecule has 468 valence electrons. The Balaban J connectivity index is 4.40. The SMILES string of the molecule is CC/C=C\C/C=C\C/C=C\C/C=C\C/C=C\C/C=C\CCCCC(=O)OC(COC(=O)CCCCCCC/C=C\C/C=C\CCCCCC)COC(=O)CCCCCCCCCCCCCCCCC/C=C\C/C=C\CCCCCCC. The van der Waals surface area contributed by atoms with Gasteiger partial charge >= 0.3 is 17.9 Å². The molecular formula is C76H128O6. The highest BCUT2D eigenvalue weighted by Crippen LogP contribution is 2.16. The van der Waals surface area contributed by atoms with E-state index < -0.39 is 6.10 Å². The van der Waals surface area contributed by atoms with Gasteiger partial charge in [-0.05, 0) is 135 Å². The molecule has 0 aromatic heterocycles. The number of rotatable bonds is 62. The Hall–Kier alpha value is -4.19. The number of ether oxygens (including phenoxy) is 3. The summed E-state index contributed by atoms with van der Waals surface area (Å²) < 4.78 is 16.9. The Kier molecular flexibility index (Phi) is 65.8. The summed E-state index contributed by atoms with van der Waals surface area (Å²) in [4.78, 5) is 38.4. The van der Waals surface area contributed by atoms with E-state index in [-0.39, 0.29) is 37.5 Å². The molecule has 0 fully saturated rings. The number of unbranched alkanes of at least 4 members (excludes halogenated alkanes) is 31. The van der Waals surface area contributed by atoms with Gasteiger partial charge in [-0.2, -0.15) is 0 Å². The molecule has 0 saturated carbocycles. The molecule has 0 bridgehead atoms. The first-order chi connectivity index (χ1) is 40.5. The van der Waals surface area contributed by atoms with E-state index >= 15 is 0 Å². The van der Waals surface area contributed by atoms with Crippen LogP contribution in [0.15, 0.2) is 122 Å². The van der Waals surface area contributed by atoms with Crippen molar-refractivity contribution in [2.75, 3.05) is 13.2 Å². The third-order valence-electron chi connectivity index (χ3n) is 14.7. The smallest absolute Gasteiger partial charge is 0.306 e. The maximum atomic E-state index is 12.9. The van der Waals surface area contributed by atoms with Crippen LogP contribution in [0, 0.1) is 0 Å². The second-order valence-corrected chi connectivity index (χ2v) is 22.7. The van der Waals surface area contributed by atoms with E-state index in [2.05, 4.69) is 142 Å². The molecule has 0 amide bonds. The van der Waals surface area contributed by atoms with Crippen molar-refractivity contribution < 1.29 is 28.6 Å². The molecule has 0 rings (SSSR count). The van der Waals surface area contributed by atoms with Crippen molar-refractivity contribution in [1.29, 1.82) is 0 Å². The van der Waals surface area contributed by atoms with Crippen molar-refractivity contribution in [2.24, 2.45) is 0 Å². The minimum Gasteiger partial charge on any atom is -0.462 e. The summed E-state index contributed by atoms with van der Waals surface area (Å²) in [7, 11) is 0. The van der Waals surface area contributed by atoms with E-state index in [9.17, 15) is 14.4 Å². The number of allylic oxidation sites excluding steroid dienone is 20. The van der Waals surface area contributed by atoms with Crippen LogP contribution in [-0.4, -0.2) is 37.2 Å². The van der Waals surface area contributed by atoms with Crippen LogP contribution in [0.2, 0.25) is 0 Å². The van der Waals surface area contributed by atoms with Gasteiger partial charge in [0.2, 0.25) is 0 Å². The average molecular weight is 1140 g/mol. The van der Waals surface area contributed by atoms with Crippen LogP contribution in [0.1, 0.15) is 323 Å². The third kappa shape index (κ3) is 66.6. The zero-order chi connectivity index (χ0) is 59.2. The summed E-state index contributed by atoms with van der Waals surface area (Å²) in [5, 5.41) is 0. The molecule has 0 heterocycles. The Morgan fingerprint density at radius 3 is 0.780 bits per heavy atom. The van der Waals surface area contributed by atoms with E-state index in [4.69, 9.17) is 14.2 Å². The number of hydrogen-bond acceptors (Lipinski definition) is 6. The van der Waals surface area contributed by atoms with Crippen LogP contribution in [0.25, 0.3) is 0 Å². The van der Waals surface area contributed by atoms with Gasteiger partial charge in [0.25, 0.3) is 0 Å². The number of hydrogen-bond donors (Lipinski definition) is 0. The van der Waals surface area contributed by atoms with Crippen LogP contribution in [-0.2, 0) is 28.6 Å². The molecule has 6 heteroatoms. The second-order valence-electron chi connectivity index (χ2n) is 22.7. The molecule has 0 aliphatic heterocycles. The minimum atomic E-state index is -0.812. The predicted octanol–water partition coefficient (Wildman–Crippen LogP) is 23.9. The van der Waals surface area contributed by atoms with Gasteiger partial charge in [0.05, 0.1) is 0 Å². The third-order valence-corrected chi connectivity index (χ3v) is 14.7. The summed E-state index contributed by atoms with van der Waals surface area (Å²) in [5.41, 5.74) is 0. The highest BCUT2D eigenvalue weighted by Gasteiger charge is 2.19. The number of carbonyl (C=O) groups is 3. The van der Waals surface area contributed by atoms with Gasteiger partial charge < -0.3 is 14.2 Å². The predicted molar refractivity (Wildman–Crippen MR) is 357 cm³/mol. The van der Waals surface area contributed by atoms with Crippen molar-refractivity contribution in [3.05, 3.63) is 122 Å². The van der Waals surface area contributed by atoms with Gasteiger partial charge in [0.1, 0.15) is 13.2 Å². The minimum absolute atomic E-state index is 0.101. The Morgan fingerprint density at radius 2 is 0.476 bits per heavy atom. The average Bonchev–Trinajstić information content (AvgIpc) is 3.48. The quantitative estimate of drug-likeness (QED) is 0.0261. The fraction of sp³-hybridized carbons (Fsp3) is 0.697. The van der Waals surface area contributed by atoms with Gasteiger partial charge in [0, 0.05) is 19.3 Å². The lowest BCUT2D eigenvalue weighted by Gasteiger charge is -2.18. The van der Waals surface area contributed by atoms with Crippen LogP contribution < -0.4 is 0 Å². The Morgan fingerprint density at radius 1 is 0.256 bits per heavy atom. The summed E-state index contributed by atoms with van der Waals surface area (Å²) in [6.45, 7) is 6.48. The van der Waals surface area contributed by atoms with E-state index in [1.807, 2.05) is 0 Å². The fourth-order valence-electron chi connectivity index (χ4n) is 9.51. The topological polar surface area (TPSA) is 78.9 Å². The molecule has 6 nitrogen and oxygen atoms in total. The van der Waals surface area contributed by atoms with Crippen molar-refractivity contribution in [2.45, 2.75) is 329 Å². The highest BCUT2D eigenvalue weighted by atomic mass is 16.6. The van der Waals surface area contributed by atoms with Crippen LogP contribution in [0.3, 0.4) is 0 Å². The molecule has 0 aliphatic rings. The number of carbonyl (C=O) groups excluding carboxylic acids is 3. The lowest BCUT2D eigenvalue weighted by molar-refractivity contribution is -0.167. The summed E-state index contributed by atoms with van der Waals surface area (Å²) in [6, 6.07) is 0. The molecule has 0 N–H and O–H groups in total. The molecule has 0 aliphatic carbocycles. The largest absolute Gasteiger partial charge is 0.462 e. The summed E-state index contributed by atoms with van der Waals surface area (Å²) in [6.07, 6.45) is 96.5. The molecule has 0 saturated heterocycles.